The second-order valence-electron chi connectivity index (χ2n) is 11.1. The number of nitrogens with zero attached hydrogens (tertiary/aromatic N) is 1. The van der Waals surface area contributed by atoms with E-state index in [1.54, 1.807) is 20.8 Å². The summed E-state index contributed by atoms with van der Waals surface area (Å²) in [5.41, 5.74) is 5.84. The van der Waals surface area contributed by atoms with E-state index in [0.29, 0.717) is 19.5 Å². The maximum Gasteiger partial charge on any atom is 0.408 e. The molecule has 0 spiro atoms. The molecule has 1 aliphatic carbocycles. The number of carbonyl (C=O) groups is 2. The predicted molar refractivity (Wildman–Crippen MR) is 155 cm³/mol. The number of carbonyl (C=O) groups excluding carboxylic acids is 2. The minimum Gasteiger partial charge on any atom is -0.444 e. The maximum atomic E-state index is 13.3. The van der Waals surface area contributed by atoms with Gasteiger partial charge in [0.1, 0.15) is 11.6 Å². The molecule has 0 fully saturated rings. The summed E-state index contributed by atoms with van der Waals surface area (Å²) in [6.45, 7) is 6.36. The smallest absolute Gasteiger partial charge is 0.408 e. The Morgan fingerprint density at radius 2 is 1.74 bits per heavy atom. The van der Waals surface area contributed by atoms with Gasteiger partial charge in [0.25, 0.3) is 0 Å². The van der Waals surface area contributed by atoms with E-state index >= 15 is 0 Å². The zero-order chi connectivity index (χ0) is 27.4. The largest absolute Gasteiger partial charge is 0.444 e. The number of fused-ring (bicyclic) bond motifs is 3. The van der Waals surface area contributed by atoms with Gasteiger partial charge in [0.15, 0.2) is 0 Å². The van der Waals surface area contributed by atoms with E-state index in [2.05, 4.69) is 33.1 Å². The topological polar surface area (TPSA) is 108 Å². The lowest BCUT2D eigenvalue weighted by molar-refractivity contribution is -0.123. The van der Waals surface area contributed by atoms with Gasteiger partial charge in [-0.2, -0.15) is 0 Å². The first kappa shape index (κ1) is 26.5. The Morgan fingerprint density at radius 3 is 2.56 bits per heavy atom. The van der Waals surface area contributed by atoms with E-state index in [1.807, 2.05) is 42.6 Å². The van der Waals surface area contributed by atoms with E-state index in [0.717, 1.165) is 58.7 Å². The number of aryl methyl sites for hydroxylation is 1. The van der Waals surface area contributed by atoms with Crippen molar-refractivity contribution in [3.05, 3.63) is 71.5 Å². The number of hydrogen-bond acceptors (Lipinski definition) is 5. The molecule has 1 aliphatic rings. The number of anilines is 1. The summed E-state index contributed by atoms with van der Waals surface area (Å²) in [6, 6.07) is 15.3. The average Bonchev–Trinajstić information content (AvgIpc) is 3.31. The molecule has 1 atom stereocenters. The number of alkyl carbamates (subject to hydrolysis) is 1. The van der Waals surface area contributed by atoms with E-state index in [4.69, 9.17) is 9.72 Å². The zero-order valence-corrected chi connectivity index (χ0v) is 22.9. The van der Waals surface area contributed by atoms with Crippen LogP contribution in [0, 0.1) is 0 Å². The number of H-pyrrole nitrogens is 1. The Morgan fingerprint density at radius 1 is 1.00 bits per heavy atom. The van der Waals surface area contributed by atoms with Crippen LogP contribution in [0.25, 0.3) is 21.8 Å². The van der Waals surface area contributed by atoms with Crippen LogP contribution >= 0.6 is 0 Å². The molecule has 4 N–H and O–H groups in total. The van der Waals surface area contributed by atoms with Crippen molar-refractivity contribution in [1.82, 2.24) is 20.6 Å². The van der Waals surface area contributed by atoms with Crippen molar-refractivity contribution in [2.24, 2.45) is 0 Å². The molecule has 2 amide bonds. The second-order valence-corrected chi connectivity index (χ2v) is 11.1. The number of pyridine rings is 1. The molecule has 5 rings (SSSR count). The van der Waals surface area contributed by atoms with Crippen molar-refractivity contribution in [2.75, 3.05) is 18.4 Å². The minimum absolute atomic E-state index is 0.255. The van der Waals surface area contributed by atoms with Gasteiger partial charge < -0.3 is 25.7 Å². The summed E-state index contributed by atoms with van der Waals surface area (Å²) in [5.74, 6) is -0.255. The number of benzene rings is 2. The van der Waals surface area contributed by atoms with Crippen molar-refractivity contribution < 1.29 is 14.3 Å². The Bertz CT molecular complexity index is 1490. The molecule has 0 saturated carbocycles. The lowest BCUT2D eigenvalue weighted by Gasteiger charge is -2.24. The molecule has 0 bridgehead atoms. The third-order valence-corrected chi connectivity index (χ3v) is 7.00. The summed E-state index contributed by atoms with van der Waals surface area (Å²) >= 11 is 0. The van der Waals surface area contributed by atoms with Gasteiger partial charge in [-0.25, -0.2) is 4.79 Å². The van der Waals surface area contributed by atoms with Gasteiger partial charge in [-0.1, -0.05) is 36.4 Å². The van der Waals surface area contributed by atoms with E-state index in [9.17, 15) is 9.59 Å². The van der Waals surface area contributed by atoms with Gasteiger partial charge in [-0.05, 0) is 69.7 Å². The van der Waals surface area contributed by atoms with E-state index in [-0.39, 0.29) is 5.91 Å². The van der Waals surface area contributed by atoms with Crippen LogP contribution in [0.1, 0.15) is 50.4 Å². The summed E-state index contributed by atoms with van der Waals surface area (Å²) < 4.78 is 5.45. The summed E-state index contributed by atoms with van der Waals surface area (Å²) in [4.78, 5) is 34.1. The van der Waals surface area contributed by atoms with Crippen molar-refractivity contribution in [1.29, 1.82) is 0 Å². The van der Waals surface area contributed by atoms with Crippen LogP contribution in [0.4, 0.5) is 10.5 Å². The van der Waals surface area contributed by atoms with Gasteiger partial charge >= 0.3 is 6.09 Å². The number of hydrogen-bond donors (Lipinski definition) is 4. The molecule has 204 valence electrons. The average molecular weight is 528 g/mol. The second kappa shape index (κ2) is 11.4. The van der Waals surface area contributed by atoms with Crippen LogP contribution < -0.4 is 16.0 Å². The molecule has 0 aliphatic heterocycles. The van der Waals surface area contributed by atoms with E-state index < -0.39 is 17.7 Å². The maximum absolute atomic E-state index is 13.3. The molecule has 39 heavy (non-hydrogen) atoms. The Labute approximate surface area is 228 Å². The minimum atomic E-state index is -0.784. The first-order valence-electron chi connectivity index (χ1n) is 13.7. The fourth-order valence-corrected chi connectivity index (χ4v) is 5.25. The molecular weight excluding hydrogens is 490 g/mol. The highest BCUT2D eigenvalue weighted by Crippen LogP contribution is 2.33. The fraction of sp³-hybridized carbons (Fsp3) is 0.387. The third-order valence-electron chi connectivity index (χ3n) is 7.00. The van der Waals surface area contributed by atoms with Gasteiger partial charge in [-0.15, -0.1) is 0 Å². The number of para-hydroxylation sites is 2. The van der Waals surface area contributed by atoms with Gasteiger partial charge in [0.05, 0.1) is 5.52 Å². The predicted octanol–water partition coefficient (Wildman–Crippen LogP) is 5.26. The number of amides is 2. The monoisotopic (exact) mass is 527 g/mol. The lowest BCUT2D eigenvalue weighted by atomic mass is 9.92. The lowest BCUT2D eigenvalue weighted by Crippen LogP contribution is -2.50. The zero-order valence-electron chi connectivity index (χ0n) is 22.9. The summed E-state index contributed by atoms with van der Waals surface area (Å²) in [6.07, 6.45) is 5.94. The molecule has 8 nitrogen and oxygen atoms in total. The van der Waals surface area contributed by atoms with Crippen molar-refractivity contribution in [3.63, 3.8) is 0 Å². The Balaban J connectivity index is 1.27. The number of rotatable bonds is 8. The molecule has 8 heteroatoms. The molecule has 0 saturated heterocycles. The molecule has 2 heterocycles. The van der Waals surface area contributed by atoms with Gasteiger partial charge in [-0.3, -0.25) is 9.78 Å². The summed E-state index contributed by atoms with van der Waals surface area (Å²) in [7, 11) is 0. The van der Waals surface area contributed by atoms with Gasteiger partial charge in [0.2, 0.25) is 5.91 Å². The number of aromatic amines is 1. The van der Waals surface area contributed by atoms with Crippen LogP contribution in [0.3, 0.4) is 0 Å². The molecule has 1 unspecified atom stereocenters. The number of ether oxygens (including phenoxy) is 1. The number of aromatic nitrogens is 2. The standard InChI is InChI=1S/C31H37N5O3/c1-31(2,3)39-30(38)36-27(18-20-19-34-24-13-7-4-10-21(20)24)29(37)33-17-16-32-28-22-11-5-8-14-25(22)35-26-15-9-6-12-23(26)28/h4-5,7-8,10-11,13-14,19,27,34H,6,9,12,15-18H2,1-3H3,(H,32,35)(H,33,37)(H,36,38). The fourth-order valence-electron chi connectivity index (χ4n) is 5.25. The quantitative estimate of drug-likeness (QED) is 0.234. The molecule has 2 aromatic carbocycles. The van der Waals surface area contributed by atoms with Crippen LogP contribution in [0.15, 0.2) is 54.7 Å². The normalized spacial score (nSPS) is 14.0. The number of nitrogens with one attached hydrogen (secondary N) is 4. The first-order chi connectivity index (χ1) is 18.8. The molecular formula is C31H37N5O3. The van der Waals surface area contributed by atoms with Crippen LogP contribution in [-0.4, -0.2) is 46.7 Å². The van der Waals surface area contributed by atoms with Crippen LogP contribution in [-0.2, 0) is 28.8 Å². The van der Waals surface area contributed by atoms with Crippen molar-refractivity contribution in [2.45, 2.75) is 64.5 Å². The molecule has 2 aromatic heterocycles. The highest BCUT2D eigenvalue weighted by Gasteiger charge is 2.26. The SMILES string of the molecule is CC(C)(C)OC(=O)NC(Cc1c[nH]c2ccccc12)C(=O)NCCNc1c2c(nc3ccccc13)CCCC2. The molecule has 4 aromatic rings. The summed E-state index contributed by atoms with van der Waals surface area (Å²) in [5, 5.41) is 11.5. The first-order valence-corrected chi connectivity index (χ1v) is 13.7. The third kappa shape index (κ3) is 6.33. The molecule has 0 radical (unpaired) electrons. The Kier molecular flexibility index (Phi) is 7.72. The van der Waals surface area contributed by atoms with Gasteiger partial charge in [0, 0.05) is 53.4 Å². The van der Waals surface area contributed by atoms with E-state index in [1.165, 1.54) is 11.3 Å². The van der Waals surface area contributed by atoms with Crippen LogP contribution in [0.5, 0.6) is 0 Å². The van der Waals surface area contributed by atoms with Crippen molar-refractivity contribution in [3.8, 4) is 0 Å². The highest BCUT2D eigenvalue weighted by atomic mass is 16.6. The highest BCUT2D eigenvalue weighted by molar-refractivity contribution is 5.93. The van der Waals surface area contributed by atoms with Crippen LogP contribution in [0.2, 0.25) is 0 Å². The van der Waals surface area contributed by atoms with Crippen molar-refractivity contribution >= 4 is 39.5 Å². The Hall–Kier alpha value is -4.07.